The lowest BCUT2D eigenvalue weighted by Gasteiger charge is -2.19. The molecule has 6 heteroatoms. The fraction of sp³-hybridized carbons (Fsp3) is 0.636. The van der Waals surface area contributed by atoms with Gasteiger partial charge in [0.2, 0.25) is 5.88 Å². The summed E-state index contributed by atoms with van der Waals surface area (Å²) in [6.07, 6.45) is 0.918. The average Bonchev–Trinajstić information content (AvgIpc) is 2.55. The van der Waals surface area contributed by atoms with E-state index in [0.29, 0.717) is 22.7 Å². The molecule has 5 nitrogen and oxygen atoms in total. The molecule has 2 heterocycles. The molecule has 1 aliphatic heterocycles. The highest BCUT2D eigenvalue weighted by Gasteiger charge is 2.26. The molecule has 2 rings (SSSR count). The first-order valence-electron chi connectivity index (χ1n) is 5.60. The van der Waals surface area contributed by atoms with E-state index >= 15 is 0 Å². The Bertz CT molecular complexity index is 448. The zero-order valence-electron chi connectivity index (χ0n) is 10.2. The number of hydrogen-bond acceptors (Lipinski definition) is 3. The third kappa shape index (κ3) is 2.62. The molecule has 0 unspecified atom stereocenters. The van der Waals surface area contributed by atoms with Gasteiger partial charge in [-0.2, -0.15) is 5.10 Å². The second-order valence-electron chi connectivity index (χ2n) is 5.10. The zero-order valence-corrected chi connectivity index (χ0v) is 11.8. The Hall–Kier alpha value is -1.04. The number of nitrogens with zero attached hydrogens (tertiary/aromatic N) is 2. The van der Waals surface area contributed by atoms with Gasteiger partial charge in [0.15, 0.2) is 5.69 Å². The van der Waals surface area contributed by atoms with Gasteiger partial charge < -0.3 is 10.1 Å². The van der Waals surface area contributed by atoms with Crippen molar-refractivity contribution in [3.8, 4) is 5.88 Å². The number of halogens is 1. The SMILES string of the molecule is CC(C)(C)NC(=O)c1nn2c(c1Br)OCCC2. The number of nitrogens with one attached hydrogen (secondary N) is 1. The Labute approximate surface area is 109 Å². The minimum Gasteiger partial charge on any atom is -0.477 e. The molecule has 1 aromatic heterocycles. The Balaban J connectivity index is 2.27. The van der Waals surface area contributed by atoms with Gasteiger partial charge >= 0.3 is 0 Å². The van der Waals surface area contributed by atoms with Crippen LogP contribution in [0.2, 0.25) is 0 Å². The van der Waals surface area contributed by atoms with Crippen molar-refractivity contribution in [3.63, 3.8) is 0 Å². The summed E-state index contributed by atoms with van der Waals surface area (Å²) >= 11 is 3.38. The fourth-order valence-electron chi connectivity index (χ4n) is 1.64. The van der Waals surface area contributed by atoms with Crippen molar-refractivity contribution < 1.29 is 9.53 Å². The predicted molar refractivity (Wildman–Crippen MR) is 67.3 cm³/mol. The van der Waals surface area contributed by atoms with E-state index < -0.39 is 0 Å². The average molecular weight is 302 g/mol. The molecule has 0 aromatic carbocycles. The van der Waals surface area contributed by atoms with Crippen LogP contribution < -0.4 is 10.1 Å². The van der Waals surface area contributed by atoms with Gasteiger partial charge in [0, 0.05) is 18.5 Å². The molecule has 0 fully saturated rings. The molecule has 1 N–H and O–H groups in total. The van der Waals surface area contributed by atoms with Gasteiger partial charge in [0.05, 0.1) is 6.61 Å². The van der Waals surface area contributed by atoms with E-state index in [1.54, 1.807) is 4.68 Å². The van der Waals surface area contributed by atoms with Gasteiger partial charge in [0.1, 0.15) is 4.47 Å². The van der Waals surface area contributed by atoms with E-state index in [2.05, 4.69) is 26.3 Å². The van der Waals surface area contributed by atoms with Crippen LogP contribution in [0.5, 0.6) is 5.88 Å². The summed E-state index contributed by atoms with van der Waals surface area (Å²) in [5, 5.41) is 7.15. The number of carbonyl (C=O) groups excluding carboxylic acids is 1. The summed E-state index contributed by atoms with van der Waals surface area (Å²) in [5.41, 5.74) is 0.110. The van der Waals surface area contributed by atoms with Gasteiger partial charge in [-0.05, 0) is 36.7 Å². The Morgan fingerprint density at radius 1 is 1.53 bits per heavy atom. The first-order chi connectivity index (χ1) is 7.88. The first-order valence-corrected chi connectivity index (χ1v) is 6.39. The smallest absolute Gasteiger partial charge is 0.273 e. The second-order valence-corrected chi connectivity index (χ2v) is 5.89. The van der Waals surface area contributed by atoms with E-state index in [4.69, 9.17) is 4.74 Å². The minimum absolute atomic E-state index is 0.185. The Morgan fingerprint density at radius 2 is 2.24 bits per heavy atom. The number of hydrogen-bond donors (Lipinski definition) is 1. The summed E-state index contributed by atoms with van der Waals surface area (Å²) in [5.74, 6) is 0.463. The number of amides is 1. The molecule has 94 valence electrons. The highest BCUT2D eigenvalue weighted by atomic mass is 79.9. The van der Waals surface area contributed by atoms with Crippen LogP contribution in [0, 0.1) is 0 Å². The topological polar surface area (TPSA) is 56.2 Å². The largest absolute Gasteiger partial charge is 0.477 e. The molecule has 0 saturated carbocycles. The first kappa shape index (κ1) is 12.4. The third-order valence-corrected chi connectivity index (χ3v) is 3.02. The van der Waals surface area contributed by atoms with Crippen molar-refractivity contribution in [3.05, 3.63) is 10.2 Å². The summed E-state index contributed by atoms with van der Waals surface area (Å²) in [4.78, 5) is 12.0. The van der Waals surface area contributed by atoms with Crippen LogP contribution in [0.15, 0.2) is 4.47 Å². The number of fused-ring (bicyclic) bond motifs is 1. The molecular weight excluding hydrogens is 286 g/mol. The normalized spacial score (nSPS) is 15.1. The van der Waals surface area contributed by atoms with Crippen molar-refractivity contribution in [1.82, 2.24) is 15.1 Å². The quantitative estimate of drug-likeness (QED) is 0.863. The van der Waals surface area contributed by atoms with Crippen LogP contribution in [-0.2, 0) is 6.54 Å². The molecule has 1 aromatic rings. The summed E-state index contributed by atoms with van der Waals surface area (Å²) in [6, 6.07) is 0. The number of aromatic nitrogens is 2. The van der Waals surface area contributed by atoms with Gasteiger partial charge in [-0.15, -0.1) is 0 Å². The standard InChI is InChI=1S/C11H16BrN3O2/c1-11(2,3)13-9(16)8-7(12)10-15(14-8)5-4-6-17-10/h4-6H2,1-3H3,(H,13,16). The number of ether oxygens (including phenoxy) is 1. The van der Waals surface area contributed by atoms with Crippen LogP contribution in [-0.4, -0.2) is 27.8 Å². The van der Waals surface area contributed by atoms with Crippen LogP contribution in [0.4, 0.5) is 0 Å². The van der Waals surface area contributed by atoms with E-state index in [9.17, 15) is 4.79 Å². The molecule has 0 radical (unpaired) electrons. The van der Waals surface area contributed by atoms with Crippen LogP contribution in [0.1, 0.15) is 37.7 Å². The highest BCUT2D eigenvalue weighted by Crippen LogP contribution is 2.31. The molecule has 0 spiro atoms. The van der Waals surface area contributed by atoms with Gasteiger partial charge in [-0.25, -0.2) is 4.68 Å². The molecule has 0 atom stereocenters. The third-order valence-electron chi connectivity index (χ3n) is 2.31. The highest BCUT2D eigenvalue weighted by molar-refractivity contribution is 9.10. The Kier molecular flexibility index (Phi) is 3.16. The number of carbonyl (C=O) groups is 1. The molecule has 0 bridgehead atoms. The van der Waals surface area contributed by atoms with E-state index in [0.717, 1.165) is 13.0 Å². The molecule has 17 heavy (non-hydrogen) atoms. The molecule has 0 saturated heterocycles. The van der Waals surface area contributed by atoms with E-state index in [1.165, 1.54) is 0 Å². The maximum Gasteiger partial charge on any atom is 0.273 e. The summed E-state index contributed by atoms with van der Waals surface area (Å²) in [7, 11) is 0. The minimum atomic E-state index is -0.276. The van der Waals surface area contributed by atoms with Crippen molar-refractivity contribution in [2.24, 2.45) is 0 Å². The predicted octanol–water partition coefficient (Wildman–Crippen LogP) is 1.96. The van der Waals surface area contributed by atoms with Gasteiger partial charge in [-0.3, -0.25) is 4.79 Å². The van der Waals surface area contributed by atoms with Crippen molar-refractivity contribution in [2.45, 2.75) is 39.3 Å². The van der Waals surface area contributed by atoms with E-state index in [-0.39, 0.29) is 11.4 Å². The number of aryl methyl sites for hydroxylation is 1. The monoisotopic (exact) mass is 301 g/mol. The van der Waals surface area contributed by atoms with Crippen LogP contribution >= 0.6 is 15.9 Å². The van der Waals surface area contributed by atoms with Crippen molar-refractivity contribution >= 4 is 21.8 Å². The maximum absolute atomic E-state index is 12.0. The van der Waals surface area contributed by atoms with Gasteiger partial charge in [-0.1, -0.05) is 0 Å². The van der Waals surface area contributed by atoms with Crippen molar-refractivity contribution in [2.75, 3.05) is 6.61 Å². The number of rotatable bonds is 1. The summed E-state index contributed by atoms with van der Waals surface area (Å²) < 4.78 is 7.85. The maximum atomic E-state index is 12.0. The molecule has 1 amide bonds. The van der Waals surface area contributed by atoms with Crippen LogP contribution in [0.3, 0.4) is 0 Å². The lowest BCUT2D eigenvalue weighted by Crippen LogP contribution is -2.40. The molecule has 0 aliphatic carbocycles. The second kappa shape index (κ2) is 4.33. The lowest BCUT2D eigenvalue weighted by molar-refractivity contribution is 0.0912. The van der Waals surface area contributed by atoms with Crippen LogP contribution in [0.25, 0.3) is 0 Å². The molecular formula is C11H16BrN3O2. The molecule has 1 aliphatic rings. The summed E-state index contributed by atoms with van der Waals surface area (Å²) in [6.45, 7) is 7.27. The lowest BCUT2D eigenvalue weighted by atomic mass is 10.1. The van der Waals surface area contributed by atoms with Gasteiger partial charge in [0.25, 0.3) is 5.91 Å². The fourth-order valence-corrected chi connectivity index (χ4v) is 2.22. The van der Waals surface area contributed by atoms with E-state index in [1.807, 2.05) is 20.8 Å². The Morgan fingerprint density at radius 3 is 2.82 bits per heavy atom. The van der Waals surface area contributed by atoms with Crippen molar-refractivity contribution in [1.29, 1.82) is 0 Å². The zero-order chi connectivity index (χ0) is 12.6.